The number of piperazine rings is 1. The molecule has 0 saturated carbocycles. The van der Waals surface area contributed by atoms with Gasteiger partial charge >= 0.3 is 0 Å². The number of rotatable bonds is 3. The molecular weight excluding hydrogens is 338 g/mol. The van der Waals surface area contributed by atoms with Gasteiger partial charge in [-0.3, -0.25) is 4.90 Å². The molecule has 1 fully saturated rings. The molecule has 2 aliphatic rings. The maximum atomic E-state index is 4.49. The predicted octanol–water partition coefficient (Wildman–Crippen LogP) is 2.76. The second-order valence-corrected chi connectivity index (χ2v) is 7.78. The van der Waals surface area contributed by atoms with Crippen molar-refractivity contribution in [1.82, 2.24) is 19.9 Å². The molecule has 1 saturated heterocycles. The van der Waals surface area contributed by atoms with Crippen LogP contribution < -0.4 is 4.90 Å². The summed E-state index contributed by atoms with van der Waals surface area (Å²) in [5, 5.41) is 0. The molecule has 0 aromatic carbocycles. The molecule has 0 N–H and O–H groups in total. The van der Waals surface area contributed by atoms with E-state index in [0.29, 0.717) is 6.04 Å². The molecule has 24 heavy (non-hydrogen) atoms. The van der Waals surface area contributed by atoms with Gasteiger partial charge in [-0.25, -0.2) is 15.0 Å². The molecular formula is C17H21N5S2. The van der Waals surface area contributed by atoms with Gasteiger partial charge in [0.1, 0.15) is 0 Å². The van der Waals surface area contributed by atoms with Crippen molar-refractivity contribution in [2.24, 2.45) is 0 Å². The lowest BCUT2D eigenvalue weighted by molar-refractivity contribution is 0.216. The summed E-state index contributed by atoms with van der Waals surface area (Å²) in [5.74, 6) is 0.809. The van der Waals surface area contributed by atoms with Gasteiger partial charge in [0, 0.05) is 54.4 Å². The summed E-state index contributed by atoms with van der Waals surface area (Å²) in [6.07, 6.45) is 8.13. The first-order valence-electron chi connectivity index (χ1n) is 8.33. The van der Waals surface area contributed by atoms with Crippen LogP contribution in [-0.2, 0) is 6.42 Å². The second-order valence-electron chi connectivity index (χ2n) is 6.32. The van der Waals surface area contributed by atoms with E-state index >= 15 is 0 Å². The number of anilines is 1. The van der Waals surface area contributed by atoms with E-state index in [-0.39, 0.29) is 0 Å². The number of fused-ring (bicyclic) bond motifs is 1. The second kappa shape index (κ2) is 6.82. The van der Waals surface area contributed by atoms with Crippen LogP contribution in [0.25, 0.3) is 6.08 Å². The molecule has 2 aromatic heterocycles. The first-order chi connectivity index (χ1) is 11.7. The highest BCUT2D eigenvalue weighted by Gasteiger charge is 2.26. The molecule has 0 radical (unpaired) electrons. The maximum Gasteiger partial charge on any atom is 0.225 e. The number of thiol groups is 1. The van der Waals surface area contributed by atoms with Crippen molar-refractivity contribution < 1.29 is 0 Å². The standard InChI is InChI=1S/C17H21N5S2/c1-12(13-2-3-16-15(8-13)20-11-24-16)21-4-6-22(7-5-21)17-18-9-14(23)10-19-17/h8-12,23H,2-7H2,1H3. The molecule has 1 aliphatic carbocycles. The van der Waals surface area contributed by atoms with Crippen molar-refractivity contribution in [3.8, 4) is 0 Å². The van der Waals surface area contributed by atoms with Crippen molar-refractivity contribution in [2.75, 3.05) is 31.1 Å². The molecule has 126 valence electrons. The van der Waals surface area contributed by atoms with Gasteiger partial charge < -0.3 is 4.90 Å². The zero-order chi connectivity index (χ0) is 16.5. The van der Waals surface area contributed by atoms with Gasteiger partial charge in [0.2, 0.25) is 5.95 Å². The largest absolute Gasteiger partial charge is 0.338 e. The number of thiazole rings is 1. The van der Waals surface area contributed by atoms with E-state index in [1.165, 1.54) is 16.1 Å². The van der Waals surface area contributed by atoms with E-state index in [4.69, 9.17) is 0 Å². The van der Waals surface area contributed by atoms with Crippen molar-refractivity contribution >= 4 is 36.0 Å². The fourth-order valence-electron chi connectivity index (χ4n) is 3.44. The SMILES string of the molecule is CC(C1=Cc2ncsc2CC1)N1CCN(c2ncc(S)cn2)CC1. The highest BCUT2D eigenvalue weighted by Crippen LogP contribution is 2.29. The first-order valence-corrected chi connectivity index (χ1v) is 9.66. The Morgan fingerprint density at radius 3 is 2.58 bits per heavy atom. The molecule has 0 amide bonds. The lowest BCUT2D eigenvalue weighted by atomic mass is 9.95. The molecule has 7 heteroatoms. The number of nitrogens with zero attached hydrogens (tertiary/aromatic N) is 5. The summed E-state index contributed by atoms with van der Waals surface area (Å²) in [7, 11) is 0. The maximum absolute atomic E-state index is 4.49. The van der Waals surface area contributed by atoms with E-state index in [0.717, 1.165) is 49.9 Å². The Kier molecular flexibility index (Phi) is 4.56. The third kappa shape index (κ3) is 3.20. The Bertz CT molecular complexity index is 732. The highest BCUT2D eigenvalue weighted by molar-refractivity contribution is 7.80. The Morgan fingerprint density at radius 2 is 1.83 bits per heavy atom. The Morgan fingerprint density at radius 1 is 1.08 bits per heavy atom. The molecule has 4 rings (SSSR count). The molecule has 1 aliphatic heterocycles. The Balaban J connectivity index is 1.40. The fourth-order valence-corrected chi connectivity index (χ4v) is 4.30. The zero-order valence-corrected chi connectivity index (χ0v) is 15.4. The number of hydrogen-bond donors (Lipinski definition) is 1. The van der Waals surface area contributed by atoms with Gasteiger partial charge in [0.25, 0.3) is 0 Å². The van der Waals surface area contributed by atoms with Crippen LogP contribution in [0.5, 0.6) is 0 Å². The minimum absolute atomic E-state index is 0.475. The molecule has 5 nitrogen and oxygen atoms in total. The predicted molar refractivity (Wildman–Crippen MR) is 101 cm³/mol. The van der Waals surface area contributed by atoms with Crippen LogP contribution >= 0.6 is 24.0 Å². The third-order valence-corrected chi connectivity index (χ3v) is 6.08. The van der Waals surface area contributed by atoms with Crippen molar-refractivity contribution in [2.45, 2.75) is 30.7 Å². The molecule has 0 spiro atoms. The summed E-state index contributed by atoms with van der Waals surface area (Å²) in [6, 6.07) is 0.475. The van der Waals surface area contributed by atoms with Gasteiger partial charge in [-0.15, -0.1) is 24.0 Å². The minimum Gasteiger partial charge on any atom is -0.338 e. The van der Waals surface area contributed by atoms with Gasteiger partial charge in [0.05, 0.1) is 11.2 Å². The van der Waals surface area contributed by atoms with E-state index < -0.39 is 0 Å². The molecule has 2 aromatic rings. The zero-order valence-electron chi connectivity index (χ0n) is 13.7. The van der Waals surface area contributed by atoms with E-state index in [1.54, 1.807) is 23.7 Å². The van der Waals surface area contributed by atoms with Crippen LogP contribution in [0.4, 0.5) is 5.95 Å². The van der Waals surface area contributed by atoms with Crippen molar-refractivity contribution in [3.05, 3.63) is 34.0 Å². The van der Waals surface area contributed by atoms with Gasteiger partial charge in [-0.1, -0.05) is 5.57 Å². The third-order valence-electron chi connectivity index (χ3n) is 4.94. The summed E-state index contributed by atoms with van der Waals surface area (Å²) >= 11 is 6.03. The lowest BCUT2D eigenvalue weighted by Gasteiger charge is -2.39. The van der Waals surface area contributed by atoms with Crippen LogP contribution in [0.1, 0.15) is 23.9 Å². The molecule has 3 heterocycles. The number of aromatic nitrogens is 3. The number of aryl methyl sites for hydroxylation is 1. The molecule has 1 atom stereocenters. The molecule has 1 unspecified atom stereocenters. The minimum atomic E-state index is 0.475. The fraction of sp³-hybridized carbons (Fsp3) is 0.471. The highest BCUT2D eigenvalue weighted by atomic mass is 32.1. The summed E-state index contributed by atoms with van der Waals surface area (Å²) in [5.41, 5.74) is 4.66. The van der Waals surface area contributed by atoms with Gasteiger partial charge in [0.15, 0.2) is 0 Å². The van der Waals surface area contributed by atoms with E-state index in [1.807, 2.05) is 5.51 Å². The summed E-state index contributed by atoms with van der Waals surface area (Å²) in [6.45, 7) is 6.32. The quantitative estimate of drug-likeness (QED) is 0.854. The van der Waals surface area contributed by atoms with E-state index in [9.17, 15) is 0 Å². The topological polar surface area (TPSA) is 45.2 Å². The van der Waals surface area contributed by atoms with Crippen molar-refractivity contribution in [1.29, 1.82) is 0 Å². The average Bonchev–Trinajstić information content (AvgIpc) is 3.09. The van der Waals surface area contributed by atoms with Crippen LogP contribution in [0.2, 0.25) is 0 Å². The van der Waals surface area contributed by atoms with Crippen LogP contribution in [0.3, 0.4) is 0 Å². The summed E-state index contributed by atoms with van der Waals surface area (Å²) in [4.78, 5) is 20.3. The van der Waals surface area contributed by atoms with Crippen LogP contribution in [0, 0.1) is 0 Å². The van der Waals surface area contributed by atoms with Gasteiger partial charge in [-0.05, 0) is 25.8 Å². The Hall–Kier alpha value is -1.44. The monoisotopic (exact) mass is 359 g/mol. The Labute approximate surface area is 151 Å². The van der Waals surface area contributed by atoms with Crippen molar-refractivity contribution in [3.63, 3.8) is 0 Å². The van der Waals surface area contributed by atoms with E-state index in [2.05, 4.69) is 50.4 Å². The molecule has 0 bridgehead atoms. The number of hydrogen-bond acceptors (Lipinski definition) is 7. The van der Waals surface area contributed by atoms with Gasteiger partial charge in [-0.2, -0.15) is 0 Å². The van der Waals surface area contributed by atoms with Crippen LogP contribution in [0.15, 0.2) is 28.4 Å². The normalized spacial score (nSPS) is 19.8. The smallest absolute Gasteiger partial charge is 0.225 e. The summed E-state index contributed by atoms with van der Waals surface area (Å²) < 4.78 is 0. The first kappa shape index (κ1) is 16.1. The van der Waals surface area contributed by atoms with Crippen LogP contribution in [-0.4, -0.2) is 52.1 Å². The average molecular weight is 360 g/mol. The lowest BCUT2D eigenvalue weighted by Crippen LogP contribution is -2.50.